The molecule has 5 nitrogen and oxygen atoms in total. The van der Waals surface area contributed by atoms with E-state index in [9.17, 15) is 0 Å². The molecule has 112 valence electrons. The highest BCUT2D eigenvalue weighted by Crippen LogP contribution is 2.32. The van der Waals surface area contributed by atoms with Crippen LogP contribution in [0.3, 0.4) is 0 Å². The van der Waals surface area contributed by atoms with Crippen LogP contribution in [0.5, 0.6) is 0 Å². The van der Waals surface area contributed by atoms with Crippen molar-refractivity contribution in [3.63, 3.8) is 0 Å². The molecule has 1 aromatic heterocycles. The van der Waals surface area contributed by atoms with Crippen LogP contribution in [0.15, 0.2) is 0 Å². The molecular weight excluding hydrogens is 250 g/mol. The zero-order valence-electron chi connectivity index (χ0n) is 13.0. The van der Waals surface area contributed by atoms with Gasteiger partial charge in [0.25, 0.3) is 0 Å². The molecule has 1 unspecified atom stereocenters. The molecule has 1 atom stereocenters. The molecule has 2 saturated heterocycles. The fourth-order valence-corrected chi connectivity index (χ4v) is 3.62. The number of aromatic nitrogens is 2. The molecule has 0 radical (unpaired) electrons. The van der Waals surface area contributed by atoms with E-state index < -0.39 is 0 Å². The minimum Gasteiger partial charge on any atom is -0.394 e. The molecule has 0 spiro atoms. The van der Waals surface area contributed by atoms with E-state index in [1.54, 1.807) is 0 Å². The third-order valence-electron chi connectivity index (χ3n) is 4.70. The highest BCUT2D eigenvalue weighted by atomic mass is 15.4. The van der Waals surface area contributed by atoms with Gasteiger partial charge in [0.2, 0.25) is 0 Å². The summed E-state index contributed by atoms with van der Waals surface area (Å²) in [5.41, 5.74) is 8.15. The lowest BCUT2D eigenvalue weighted by Gasteiger charge is -2.28. The van der Waals surface area contributed by atoms with Crippen LogP contribution in [-0.4, -0.2) is 46.9 Å². The van der Waals surface area contributed by atoms with Crippen molar-refractivity contribution in [1.82, 2.24) is 14.7 Å². The van der Waals surface area contributed by atoms with Crippen molar-refractivity contribution >= 4 is 11.5 Å². The third kappa shape index (κ3) is 2.28. The van der Waals surface area contributed by atoms with Crippen molar-refractivity contribution in [3.05, 3.63) is 5.69 Å². The molecular formula is C15H27N5. The lowest BCUT2D eigenvalue weighted by Crippen LogP contribution is -2.37. The molecule has 1 aromatic rings. The van der Waals surface area contributed by atoms with Crippen LogP contribution < -0.4 is 10.6 Å². The topological polar surface area (TPSA) is 50.3 Å². The Bertz CT molecular complexity index is 479. The fraction of sp³-hybridized carbons (Fsp3) is 0.800. The summed E-state index contributed by atoms with van der Waals surface area (Å²) >= 11 is 0. The molecule has 0 bridgehead atoms. The van der Waals surface area contributed by atoms with Crippen molar-refractivity contribution in [2.45, 2.75) is 52.1 Å². The maximum atomic E-state index is 6.32. The van der Waals surface area contributed by atoms with Crippen LogP contribution in [0, 0.1) is 6.92 Å². The largest absolute Gasteiger partial charge is 0.394 e. The lowest BCUT2D eigenvalue weighted by molar-refractivity contribution is 0.273. The number of nitrogen functional groups attached to an aromatic ring is 1. The van der Waals surface area contributed by atoms with Gasteiger partial charge in [0, 0.05) is 31.7 Å². The Labute approximate surface area is 121 Å². The average Bonchev–Trinajstić information content (AvgIpc) is 2.89. The number of aryl methyl sites for hydroxylation is 1. The number of nitrogens with zero attached hydrogens (tertiary/aromatic N) is 4. The first-order chi connectivity index (χ1) is 9.58. The number of nitrogens with two attached hydrogens (primary N) is 1. The quantitative estimate of drug-likeness (QED) is 0.898. The maximum Gasteiger partial charge on any atom is 0.150 e. The molecule has 2 N–H and O–H groups in total. The Morgan fingerprint density at radius 3 is 2.70 bits per heavy atom. The second-order valence-corrected chi connectivity index (χ2v) is 6.49. The van der Waals surface area contributed by atoms with Crippen molar-refractivity contribution < 1.29 is 0 Å². The minimum atomic E-state index is 0.351. The summed E-state index contributed by atoms with van der Waals surface area (Å²) in [6, 6.07) is 1.05. The molecule has 5 heteroatoms. The number of hydrogen-bond acceptors (Lipinski definition) is 4. The monoisotopic (exact) mass is 277 g/mol. The van der Waals surface area contributed by atoms with Crippen molar-refractivity contribution in [1.29, 1.82) is 0 Å². The molecule has 0 amide bonds. The molecule has 0 aliphatic carbocycles. The van der Waals surface area contributed by atoms with Gasteiger partial charge in [0.15, 0.2) is 5.82 Å². The SMILES string of the molecule is Cc1nn(C(C)C)c(N2CCCN3CCCC3C2)c1N. The number of rotatable bonds is 2. The summed E-state index contributed by atoms with van der Waals surface area (Å²) in [6.45, 7) is 11.1. The molecule has 0 aromatic carbocycles. The van der Waals surface area contributed by atoms with Crippen LogP contribution in [0.1, 0.15) is 44.8 Å². The Kier molecular flexibility index (Phi) is 3.63. The van der Waals surface area contributed by atoms with Crippen LogP contribution in [0.2, 0.25) is 0 Å². The molecule has 20 heavy (non-hydrogen) atoms. The average molecular weight is 277 g/mol. The van der Waals surface area contributed by atoms with E-state index in [-0.39, 0.29) is 0 Å². The molecule has 0 saturated carbocycles. The molecule has 3 rings (SSSR count). The first kappa shape index (κ1) is 13.7. The second kappa shape index (κ2) is 5.28. The highest BCUT2D eigenvalue weighted by molar-refractivity contribution is 5.66. The second-order valence-electron chi connectivity index (χ2n) is 6.49. The van der Waals surface area contributed by atoms with Gasteiger partial charge < -0.3 is 10.6 Å². The van der Waals surface area contributed by atoms with Crippen LogP contribution in [0.25, 0.3) is 0 Å². The Balaban J connectivity index is 1.91. The van der Waals surface area contributed by atoms with Gasteiger partial charge in [0.05, 0.1) is 11.4 Å². The van der Waals surface area contributed by atoms with E-state index >= 15 is 0 Å². The summed E-state index contributed by atoms with van der Waals surface area (Å²) < 4.78 is 2.11. The number of anilines is 2. The van der Waals surface area contributed by atoms with E-state index in [1.807, 2.05) is 6.92 Å². The Morgan fingerprint density at radius 1 is 1.20 bits per heavy atom. The summed E-state index contributed by atoms with van der Waals surface area (Å²) in [7, 11) is 0. The third-order valence-corrected chi connectivity index (χ3v) is 4.70. The van der Waals surface area contributed by atoms with E-state index in [2.05, 4.69) is 33.4 Å². The van der Waals surface area contributed by atoms with Crippen molar-refractivity contribution in [2.24, 2.45) is 0 Å². The molecule has 2 aliphatic heterocycles. The van der Waals surface area contributed by atoms with Gasteiger partial charge in [-0.3, -0.25) is 4.90 Å². The predicted molar refractivity (Wildman–Crippen MR) is 83.2 cm³/mol. The van der Waals surface area contributed by atoms with E-state index in [0.717, 1.165) is 30.3 Å². The first-order valence-corrected chi connectivity index (χ1v) is 7.91. The van der Waals surface area contributed by atoms with E-state index in [0.29, 0.717) is 12.1 Å². The van der Waals surface area contributed by atoms with Crippen LogP contribution >= 0.6 is 0 Å². The maximum absolute atomic E-state index is 6.32. The van der Waals surface area contributed by atoms with Gasteiger partial charge >= 0.3 is 0 Å². The number of fused-ring (bicyclic) bond motifs is 1. The first-order valence-electron chi connectivity index (χ1n) is 7.91. The van der Waals surface area contributed by atoms with Crippen molar-refractivity contribution in [2.75, 3.05) is 36.8 Å². The lowest BCUT2D eigenvalue weighted by atomic mass is 10.2. The summed E-state index contributed by atoms with van der Waals surface area (Å²) in [4.78, 5) is 5.13. The van der Waals surface area contributed by atoms with E-state index in [4.69, 9.17) is 5.73 Å². The van der Waals surface area contributed by atoms with Gasteiger partial charge in [-0.15, -0.1) is 0 Å². The standard InChI is InChI=1S/C15H27N5/c1-11(2)20-15(14(16)12(3)17-20)19-9-5-8-18-7-4-6-13(18)10-19/h11,13H,4-10,16H2,1-3H3. The van der Waals surface area contributed by atoms with Crippen LogP contribution in [-0.2, 0) is 0 Å². The summed E-state index contributed by atoms with van der Waals surface area (Å²) in [6.07, 6.45) is 3.89. The predicted octanol–water partition coefficient (Wildman–Crippen LogP) is 2.03. The van der Waals surface area contributed by atoms with Crippen LogP contribution in [0.4, 0.5) is 11.5 Å². The fourth-order valence-electron chi connectivity index (χ4n) is 3.62. The molecule has 2 aliphatic rings. The number of hydrogen-bond donors (Lipinski definition) is 1. The minimum absolute atomic E-state index is 0.351. The van der Waals surface area contributed by atoms with Crippen molar-refractivity contribution in [3.8, 4) is 0 Å². The normalized spacial score (nSPS) is 24.2. The van der Waals surface area contributed by atoms with Gasteiger partial charge in [-0.05, 0) is 46.6 Å². The Hall–Kier alpha value is -1.23. The summed E-state index contributed by atoms with van der Waals surface area (Å²) in [5, 5.41) is 4.64. The van der Waals surface area contributed by atoms with Gasteiger partial charge in [0.1, 0.15) is 0 Å². The van der Waals surface area contributed by atoms with Gasteiger partial charge in [-0.1, -0.05) is 0 Å². The highest BCUT2D eigenvalue weighted by Gasteiger charge is 2.31. The Morgan fingerprint density at radius 2 is 1.95 bits per heavy atom. The molecule has 3 heterocycles. The smallest absolute Gasteiger partial charge is 0.150 e. The van der Waals surface area contributed by atoms with Gasteiger partial charge in [-0.25, -0.2) is 4.68 Å². The zero-order chi connectivity index (χ0) is 14.3. The van der Waals surface area contributed by atoms with E-state index in [1.165, 1.54) is 32.4 Å². The summed E-state index contributed by atoms with van der Waals surface area (Å²) in [5.74, 6) is 1.14. The van der Waals surface area contributed by atoms with Gasteiger partial charge in [-0.2, -0.15) is 5.10 Å². The molecule has 2 fully saturated rings. The zero-order valence-corrected chi connectivity index (χ0v) is 13.0.